The molecule has 2 aromatic rings. The highest BCUT2D eigenvalue weighted by molar-refractivity contribution is 6.32. The molecule has 0 radical (unpaired) electrons. The summed E-state index contributed by atoms with van der Waals surface area (Å²) in [6.07, 6.45) is 3.99. The number of benzene rings is 2. The maximum Gasteiger partial charge on any atom is 0.161 e. The number of rotatable bonds is 10. The minimum absolute atomic E-state index is 0.435. The monoisotopic (exact) mass is 376 g/mol. The first-order chi connectivity index (χ1) is 12.6. The Morgan fingerprint density at radius 3 is 2.23 bits per heavy atom. The Bertz CT molecular complexity index is 728. The predicted molar refractivity (Wildman–Crippen MR) is 106 cm³/mol. The molecule has 0 spiro atoms. The van der Waals surface area contributed by atoms with Gasteiger partial charge in [0.15, 0.2) is 11.5 Å². The molecule has 2 rings (SSSR count). The van der Waals surface area contributed by atoms with Crippen LogP contribution in [0.15, 0.2) is 42.5 Å². The highest BCUT2D eigenvalue weighted by atomic mass is 35.5. The van der Waals surface area contributed by atoms with Gasteiger partial charge in [-0.05, 0) is 49.2 Å². The Morgan fingerprint density at radius 2 is 1.58 bits per heavy atom. The summed E-state index contributed by atoms with van der Waals surface area (Å²) in [5.41, 5.74) is 2.17. The van der Waals surface area contributed by atoms with Crippen LogP contribution in [-0.2, 0) is 4.74 Å². The standard InChI is InChI=1S/C21H25ClO4/c1-4-5-17-7-9-20(21(15-17)23-3)26-13-11-24-10-12-25-19-8-6-16(2)14-18(19)22/h4-9,14-15H,10-13H2,1-3H3/b5-4+. The third kappa shape index (κ3) is 6.28. The van der Waals surface area contributed by atoms with Crippen molar-refractivity contribution in [3.8, 4) is 17.2 Å². The van der Waals surface area contributed by atoms with Crippen molar-refractivity contribution in [2.75, 3.05) is 33.5 Å². The summed E-state index contributed by atoms with van der Waals surface area (Å²) < 4.78 is 22.2. The molecule has 4 nitrogen and oxygen atoms in total. The van der Waals surface area contributed by atoms with Gasteiger partial charge in [-0.1, -0.05) is 35.9 Å². The molecule has 0 fully saturated rings. The van der Waals surface area contributed by atoms with Crippen molar-refractivity contribution < 1.29 is 18.9 Å². The molecule has 2 aromatic carbocycles. The first kappa shape index (κ1) is 20.1. The van der Waals surface area contributed by atoms with Crippen LogP contribution < -0.4 is 14.2 Å². The number of allylic oxidation sites excluding steroid dienone is 1. The third-order valence-corrected chi connectivity index (χ3v) is 3.90. The molecule has 0 unspecified atom stereocenters. The van der Waals surface area contributed by atoms with Crippen molar-refractivity contribution in [2.45, 2.75) is 13.8 Å². The van der Waals surface area contributed by atoms with Crippen molar-refractivity contribution in [2.24, 2.45) is 0 Å². The highest BCUT2D eigenvalue weighted by Gasteiger charge is 2.05. The van der Waals surface area contributed by atoms with E-state index in [1.807, 2.05) is 62.4 Å². The van der Waals surface area contributed by atoms with Gasteiger partial charge in [-0.15, -0.1) is 0 Å². The molecule has 26 heavy (non-hydrogen) atoms. The molecule has 0 saturated carbocycles. The summed E-state index contributed by atoms with van der Waals surface area (Å²) >= 11 is 6.12. The molecule has 0 N–H and O–H groups in total. The summed E-state index contributed by atoms with van der Waals surface area (Å²) in [6, 6.07) is 11.5. The summed E-state index contributed by atoms with van der Waals surface area (Å²) in [7, 11) is 1.63. The Balaban J connectivity index is 1.67. The van der Waals surface area contributed by atoms with Crippen LogP contribution in [-0.4, -0.2) is 33.5 Å². The predicted octanol–water partition coefficient (Wildman–Crippen LogP) is 5.16. The largest absolute Gasteiger partial charge is 0.493 e. The molecule has 0 aromatic heterocycles. The van der Waals surface area contributed by atoms with Gasteiger partial charge in [-0.2, -0.15) is 0 Å². The fourth-order valence-electron chi connectivity index (χ4n) is 2.35. The molecule has 0 heterocycles. The molecule has 140 valence electrons. The SMILES string of the molecule is C/C=C/c1ccc(OCCOCCOc2ccc(C)cc2Cl)c(OC)c1. The van der Waals surface area contributed by atoms with E-state index in [0.717, 1.165) is 11.1 Å². The van der Waals surface area contributed by atoms with E-state index in [9.17, 15) is 0 Å². The Hall–Kier alpha value is -2.17. The van der Waals surface area contributed by atoms with Crippen molar-refractivity contribution in [1.29, 1.82) is 0 Å². The second-order valence-corrected chi connectivity index (χ2v) is 6.06. The molecule has 0 saturated heterocycles. The van der Waals surface area contributed by atoms with Gasteiger partial charge in [-0.3, -0.25) is 0 Å². The van der Waals surface area contributed by atoms with Crippen LogP contribution in [0, 0.1) is 6.92 Å². The molecule has 5 heteroatoms. The molecule has 0 amide bonds. The van der Waals surface area contributed by atoms with Crippen LogP contribution in [0.5, 0.6) is 17.2 Å². The van der Waals surface area contributed by atoms with Crippen LogP contribution in [0.4, 0.5) is 0 Å². The van der Waals surface area contributed by atoms with Crippen LogP contribution in [0.3, 0.4) is 0 Å². The lowest BCUT2D eigenvalue weighted by Crippen LogP contribution is -2.12. The van der Waals surface area contributed by atoms with Crippen molar-refractivity contribution >= 4 is 17.7 Å². The van der Waals surface area contributed by atoms with Crippen LogP contribution in [0.2, 0.25) is 5.02 Å². The number of halogens is 1. The highest BCUT2D eigenvalue weighted by Crippen LogP contribution is 2.28. The van der Waals surface area contributed by atoms with Gasteiger partial charge in [-0.25, -0.2) is 0 Å². The number of methoxy groups -OCH3 is 1. The Kier molecular flexibility index (Phi) is 8.32. The minimum Gasteiger partial charge on any atom is -0.493 e. The fourth-order valence-corrected chi connectivity index (χ4v) is 2.64. The zero-order valence-corrected chi connectivity index (χ0v) is 16.2. The first-order valence-electron chi connectivity index (χ1n) is 8.54. The summed E-state index contributed by atoms with van der Waals surface area (Å²) in [5, 5.41) is 0.613. The van der Waals surface area contributed by atoms with Gasteiger partial charge in [0, 0.05) is 0 Å². The Morgan fingerprint density at radius 1 is 0.885 bits per heavy atom. The minimum atomic E-state index is 0.435. The van der Waals surface area contributed by atoms with Crippen LogP contribution in [0.25, 0.3) is 6.08 Å². The summed E-state index contributed by atoms with van der Waals surface area (Å²) in [4.78, 5) is 0. The van der Waals surface area contributed by atoms with E-state index >= 15 is 0 Å². The smallest absolute Gasteiger partial charge is 0.161 e. The van der Waals surface area contributed by atoms with E-state index in [0.29, 0.717) is 48.7 Å². The fraction of sp³-hybridized carbons (Fsp3) is 0.333. The lowest BCUT2D eigenvalue weighted by atomic mass is 10.2. The molecule has 0 aliphatic carbocycles. The van der Waals surface area contributed by atoms with E-state index < -0.39 is 0 Å². The van der Waals surface area contributed by atoms with Crippen molar-refractivity contribution in [3.63, 3.8) is 0 Å². The molecular formula is C21H25ClO4. The van der Waals surface area contributed by atoms with Gasteiger partial charge in [0.1, 0.15) is 19.0 Å². The quantitative estimate of drug-likeness (QED) is 0.536. The van der Waals surface area contributed by atoms with Crippen molar-refractivity contribution in [3.05, 3.63) is 58.6 Å². The van der Waals surface area contributed by atoms with Gasteiger partial charge in [0.25, 0.3) is 0 Å². The van der Waals surface area contributed by atoms with E-state index in [1.165, 1.54) is 0 Å². The maximum atomic E-state index is 6.12. The zero-order valence-electron chi connectivity index (χ0n) is 15.5. The first-order valence-corrected chi connectivity index (χ1v) is 8.92. The molecule has 0 aliphatic rings. The maximum absolute atomic E-state index is 6.12. The third-order valence-electron chi connectivity index (χ3n) is 3.60. The molecule has 0 bridgehead atoms. The molecule has 0 aliphatic heterocycles. The van der Waals surface area contributed by atoms with E-state index in [4.69, 9.17) is 30.5 Å². The summed E-state index contributed by atoms with van der Waals surface area (Å²) in [5.74, 6) is 2.08. The van der Waals surface area contributed by atoms with Gasteiger partial charge >= 0.3 is 0 Å². The lowest BCUT2D eigenvalue weighted by Gasteiger charge is -2.12. The van der Waals surface area contributed by atoms with E-state index in [2.05, 4.69) is 0 Å². The van der Waals surface area contributed by atoms with Crippen LogP contribution >= 0.6 is 11.6 Å². The van der Waals surface area contributed by atoms with E-state index in [1.54, 1.807) is 7.11 Å². The number of hydrogen-bond acceptors (Lipinski definition) is 4. The molecular weight excluding hydrogens is 352 g/mol. The number of hydrogen-bond donors (Lipinski definition) is 0. The molecule has 0 atom stereocenters. The number of ether oxygens (including phenoxy) is 4. The second-order valence-electron chi connectivity index (χ2n) is 5.65. The zero-order chi connectivity index (χ0) is 18.8. The van der Waals surface area contributed by atoms with Gasteiger partial charge < -0.3 is 18.9 Å². The second kappa shape index (κ2) is 10.7. The number of aryl methyl sites for hydroxylation is 1. The lowest BCUT2D eigenvalue weighted by molar-refractivity contribution is 0.0757. The average Bonchev–Trinajstić information content (AvgIpc) is 2.63. The van der Waals surface area contributed by atoms with Gasteiger partial charge in [0.2, 0.25) is 0 Å². The summed E-state index contributed by atoms with van der Waals surface area (Å²) in [6.45, 7) is 5.76. The van der Waals surface area contributed by atoms with Gasteiger partial charge in [0.05, 0.1) is 25.3 Å². The van der Waals surface area contributed by atoms with Crippen LogP contribution in [0.1, 0.15) is 18.1 Å². The van der Waals surface area contributed by atoms with E-state index in [-0.39, 0.29) is 0 Å². The topological polar surface area (TPSA) is 36.9 Å². The Labute approximate surface area is 160 Å². The normalized spacial score (nSPS) is 10.9. The van der Waals surface area contributed by atoms with Crippen molar-refractivity contribution in [1.82, 2.24) is 0 Å². The average molecular weight is 377 g/mol.